The van der Waals surface area contributed by atoms with Gasteiger partial charge >= 0.3 is 0 Å². The lowest BCUT2D eigenvalue weighted by atomic mass is 9.93. The Bertz CT molecular complexity index is 378. The van der Waals surface area contributed by atoms with E-state index in [1.807, 2.05) is 44.2 Å². The molecule has 1 aromatic rings. The van der Waals surface area contributed by atoms with Crippen molar-refractivity contribution in [2.24, 2.45) is 5.92 Å². The van der Waals surface area contributed by atoms with Crippen LogP contribution in [0.25, 0.3) is 0 Å². The fourth-order valence-corrected chi connectivity index (χ4v) is 2.05. The average Bonchev–Trinajstić information content (AvgIpc) is 2.44. The van der Waals surface area contributed by atoms with E-state index in [0.717, 1.165) is 18.4 Å². The molecule has 1 rings (SSSR count). The lowest BCUT2D eigenvalue weighted by Gasteiger charge is -2.23. The Balaban J connectivity index is 2.74. The average molecular weight is 263 g/mol. The maximum Gasteiger partial charge on any atom is 0.227 e. The SMILES string of the molecule is CCCC(C(=O)NC(C)C(C)CO)c1ccccc1. The van der Waals surface area contributed by atoms with Gasteiger partial charge in [-0.3, -0.25) is 4.79 Å². The van der Waals surface area contributed by atoms with Crippen molar-refractivity contribution in [2.45, 2.75) is 45.6 Å². The molecule has 3 atom stereocenters. The van der Waals surface area contributed by atoms with Crippen LogP contribution < -0.4 is 5.32 Å². The number of carbonyl (C=O) groups is 1. The van der Waals surface area contributed by atoms with Crippen LogP contribution in [0.15, 0.2) is 30.3 Å². The molecule has 2 N–H and O–H groups in total. The fraction of sp³-hybridized carbons (Fsp3) is 0.562. The van der Waals surface area contributed by atoms with Gasteiger partial charge in [-0.1, -0.05) is 50.6 Å². The van der Waals surface area contributed by atoms with Gasteiger partial charge in [-0.2, -0.15) is 0 Å². The summed E-state index contributed by atoms with van der Waals surface area (Å²) < 4.78 is 0. The molecule has 1 amide bonds. The standard InChI is InChI=1S/C16H25NO2/c1-4-8-15(14-9-6-5-7-10-14)16(19)17-13(3)12(2)11-18/h5-7,9-10,12-13,15,18H,4,8,11H2,1-3H3,(H,17,19). The highest BCUT2D eigenvalue weighted by molar-refractivity contribution is 5.83. The zero-order valence-electron chi connectivity index (χ0n) is 12.1. The number of nitrogens with one attached hydrogen (secondary N) is 1. The number of amides is 1. The molecule has 1 aromatic carbocycles. The number of carbonyl (C=O) groups excluding carboxylic acids is 1. The summed E-state index contributed by atoms with van der Waals surface area (Å²) in [6.45, 7) is 6.04. The largest absolute Gasteiger partial charge is 0.396 e. The Hall–Kier alpha value is -1.35. The zero-order valence-corrected chi connectivity index (χ0v) is 12.1. The zero-order chi connectivity index (χ0) is 14.3. The number of aliphatic hydroxyl groups excluding tert-OH is 1. The van der Waals surface area contributed by atoms with E-state index >= 15 is 0 Å². The van der Waals surface area contributed by atoms with Gasteiger partial charge in [0.1, 0.15) is 0 Å². The van der Waals surface area contributed by atoms with Crippen LogP contribution in [0.1, 0.15) is 45.1 Å². The second-order valence-corrected chi connectivity index (χ2v) is 5.21. The van der Waals surface area contributed by atoms with Crippen LogP contribution >= 0.6 is 0 Å². The van der Waals surface area contributed by atoms with E-state index in [2.05, 4.69) is 12.2 Å². The first-order chi connectivity index (χ1) is 9.10. The molecule has 19 heavy (non-hydrogen) atoms. The lowest BCUT2D eigenvalue weighted by Crippen LogP contribution is -2.40. The van der Waals surface area contributed by atoms with Gasteiger partial charge in [0.2, 0.25) is 5.91 Å². The summed E-state index contributed by atoms with van der Waals surface area (Å²) in [6.07, 6.45) is 1.81. The van der Waals surface area contributed by atoms with Gasteiger partial charge in [0.25, 0.3) is 0 Å². The number of benzene rings is 1. The van der Waals surface area contributed by atoms with Crippen molar-refractivity contribution >= 4 is 5.91 Å². The highest BCUT2D eigenvalue weighted by atomic mass is 16.3. The van der Waals surface area contributed by atoms with Crippen LogP contribution in [0.4, 0.5) is 0 Å². The summed E-state index contributed by atoms with van der Waals surface area (Å²) in [4.78, 5) is 12.4. The predicted molar refractivity (Wildman–Crippen MR) is 77.9 cm³/mol. The summed E-state index contributed by atoms with van der Waals surface area (Å²) >= 11 is 0. The topological polar surface area (TPSA) is 49.3 Å². The van der Waals surface area contributed by atoms with E-state index in [0.29, 0.717) is 0 Å². The van der Waals surface area contributed by atoms with Gasteiger partial charge in [0.05, 0.1) is 5.92 Å². The monoisotopic (exact) mass is 263 g/mol. The summed E-state index contributed by atoms with van der Waals surface area (Å²) in [5.41, 5.74) is 1.06. The van der Waals surface area contributed by atoms with Crippen LogP contribution in [-0.4, -0.2) is 23.7 Å². The summed E-state index contributed by atoms with van der Waals surface area (Å²) in [6, 6.07) is 9.87. The Kier molecular flexibility index (Phi) is 6.57. The molecular formula is C16H25NO2. The highest BCUT2D eigenvalue weighted by Crippen LogP contribution is 2.21. The van der Waals surface area contributed by atoms with Crippen LogP contribution in [0, 0.1) is 5.92 Å². The van der Waals surface area contributed by atoms with E-state index < -0.39 is 0 Å². The number of rotatable bonds is 7. The fourth-order valence-electron chi connectivity index (χ4n) is 2.05. The van der Waals surface area contributed by atoms with Crippen molar-refractivity contribution in [3.63, 3.8) is 0 Å². The molecular weight excluding hydrogens is 238 g/mol. The van der Waals surface area contributed by atoms with Crippen LogP contribution in [0.5, 0.6) is 0 Å². The predicted octanol–water partition coefficient (Wildman–Crippen LogP) is 2.70. The lowest BCUT2D eigenvalue weighted by molar-refractivity contribution is -0.123. The molecule has 3 unspecified atom stereocenters. The van der Waals surface area contributed by atoms with Crippen molar-refractivity contribution in [2.75, 3.05) is 6.61 Å². The maximum atomic E-state index is 12.4. The molecule has 106 valence electrons. The van der Waals surface area contributed by atoms with Gasteiger partial charge in [-0.15, -0.1) is 0 Å². The van der Waals surface area contributed by atoms with E-state index in [4.69, 9.17) is 5.11 Å². The molecule has 0 aromatic heterocycles. The van der Waals surface area contributed by atoms with E-state index in [1.54, 1.807) is 0 Å². The number of hydrogen-bond acceptors (Lipinski definition) is 2. The quantitative estimate of drug-likeness (QED) is 0.794. The smallest absolute Gasteiger partial charge is 0.227 e. The molecule has 0 aliphatic rings. The third-order valence-corrected chi connectivity index (χ3v) is 3.61. The van der Waals surface area contributed by atoms with Crippen LogP contribution in [0.3, 0.4) is 0 Å². The minimum atomic E-state index is -0.0976. The maximum absolute atomic E-state index is 12.4. The van der Waals surface area contributed by atoms with Crippen LogP contribution in [-0.2, 0) is 4.79 Å². The van der Waals surface area contributed by atoms with E-state index in [1.165, 1.54) is 0 Å². The summed E-state index contributed by atoms with van der Waals surface area (Å²) in [5, 5.41) is 12.1. The van der Waals surface area contributed by atoms with E-state index in [9.17, 15) is 4.79 Å². The molecule has 3 heteroatoms. The third-order valence-electron chi connectivity index (χ3n) is 3.61. The molecule has 0 heterocycles. The van der Waals surface area contributed by atoms with Crippen molar-refractivity contribution in [1.29, 1.82) is 0 Å². The Morgan fingerprint density at radius 2 is 1.89 bits per heavy atom. The Labute approximate surface area is 116 Å². The van der Waals surface area contributed by atoms with E-state index in [-0.39, 0.29) is 30.4 Å². The molecule has 0 aliphatic carbocycles. The molecule has 0 saturated carbocycles. The highest BCUT2D eigenvalue weighted by Gasteiger charge is 2.22. The first kappa shape index (κ1) is 15.7. The van der Waals surface area contributed by atoms with Crippen molar-refractivity contribution in [3.05, 3.63) is 35.9 Å². The summed E-state index contributed by atoms with van der Waals surface area (Å²) in [7, 11) is 0. The minimum Gasteiger partial charge on any atom is -0.396 e. The summed E-state index contributed by atoms with van der Waals surface area (Å²) in [5.74, 6) is 0.0300. The number of aliphatic hydroxyl groups is 1. The van der Waals surface area contributed by atoms with Gasteiger partial charge in [-0.25, -0.2) is 0 Å². The first-order valence-electron chi connectivity index (χ1n) is 7.06. The van der Waals surface area contributed by atoms with Gasteiger partial charge in [0.15, 0.2) is 0 Å². The molecule has 0 aliphatic heterocycles. The molecule has 3 nitrogen and oxygen atoms in total. The first-order valence-corrected chi connectivity index (χ1v) is 7.06. The molecule has 0 spiro atoms. The van der Waals surface area contributed by atoms with Crippen LogP contribution in [0.2, 0.25) is 0 Å². The van der Waals surface area contributed by atoms with Gasteiger partial charge in [0, 0.05) is 12.6 Å². The molecule has 0 fully saturated rings. The van der Waals surface area contributed by atoms with Crippen molar-refractivity contribution < 1.29 is 9.90 Å². The number of hydrogen-bond donors (Lipinski definition) is 2. The molecule has 0 bridgehead atoms. The normalized spacial score (nSPS) is 15.6. The Morgan fingerprint density at radius 1 is 1.26 bits per heavy atom. The Morgan fingerprint density at radius 3 is 2.42 bits per heavy atom. The second-order valence-electron chi connectivity index (χ2n) is 5.21. The van der Waals surface area contributed by atoms with Gasteiger partial charge in [-0.05, 0) is 24.8 Å². The van der Waals surface area contributed by atoms with Crippen molar-refractivity contribution in [3.8, 4) is 0 Å². The second kappa shape index (κ2) is 7.95. The molecule has 0 saturated heterocycles. The third kappa shape index (κ3) is 4.67. The van der Waals surface area contributed by atoms with Crippen molar-refractivity contribution in [1.82, 2.24) is 5.32 Å². The molecule has 0 radical (unpaired) electrons. The minimum absolute atomic E-state index is 0.0134. The van der Waals surface area contributed by atoms with Gasteiger partial charge < -0.3 is 10.4 Å².